The lowest BCUT2D eigenvalue weighted by molar-refractivity contribution is -0.144. The van der Waals surface area contributed by atoms with Crippen LogP contribution in [-0.2, 0) is 4.79 Å². The molecule has 1 aromatic rings. The third kappa shape index (κ3) is 2.85. The van der Waals surface area contributed by atoms with Crippen molar-refractivity contribution in [2.75, 3.05) is 5.32 Å². The van der Waals surface area contributed by atoms with Crippen LogP contribution in [0.4, 0.5) is 5.82 Å². The molecule has 1 aromatic heterocycles. The van der Waals surface area contributed by atoms with E-state index in [1.54, 1.807) is 6.20 Å². The normalized spacial score (nSPS) is 27.0. The summed E-state index contributed by atoms with van der Waals surface area (Å²) in [5.41, 5.74) is 0.632. The Morgan fingerprint density at radius 3 is 2.89 bits per heavy atom. The number of aryl methyl sites for hydroxylation is 2. The number of nitrogens with one attached hydrogen (secondary N) is 1. The Balaban J connectivity index is 2.30. The average molecular weight is 263 g/mol. The molecule has 1 heterocycles. The molecule has 2 unspecified atom stereocenters. The second kappa shape index (κ2) is 5.15. The molecule has 0 saturated heterocycles. The smallest absolute Gasteiger partial charge is 0.329 e. The Bertz CT molecular complexity index is 490. The van der Waals surface area contributed by atoms with Gasteiger partial charge in [-0.1, -0.05) is 19.8 Å². The maximum absolute atomic E-state index is 11.7. The fraction of sp³-hybridized carbons (Fsp3) is 0.643. The lowest BCUT2D eigenvalue weighted by Gasteiger charge is -2.37. The number of anilines is 1. The molecule has 0 spiro atoms. The van der Waals surface area contributed by atoms with Crippen LogP contribution in [0.2, 0.25) is 0 Å². The van der Waals surface area contributed by atoms with Gasteiger partial charge in [0.1, 0.15) is 11.4 Å². The fourth-order valence-corrected chi connectivity index (χ4v) is 2.80. The fourth-order valence-electron chi connectivity index (χ4n) is 2.80. The molecule has 5 nitrogen and oxygen atoms in total. The number of hydrogen-bond donors (Lipinski definition) is 2. The van der Waals surface area contributed by atoms with E-state index in [9.17, 15) is 9.90 Å². The van der Waals surface area contributed by atoms with Gasteiger partial charge >= 0.3 is 5.97 Å². The van der Waals surface area contributed by atoms with Gasteiger partial charge in [-0.2, -0.15) is 0 Å². The largest absolute Gasteiger partial charge is 0.480 e. The van der Waals surface area contributed by atoms with E-state index in [0.717, 1.165) is 24.2 Å². The molecule has 2 atom stereocenters. The monoisotopic (exact) mass is 263 g/mol. The van der Waals surface area contributed by atoms with E-state index in [1.807, 2.05) is 13.8 Å². The zero-order chi connectivity index (χ0) is 14.0. The highest BCUT2D eigenvalue weighted by Crippen LogP contribution is 2.35. The van der Waals surface area contributed by atoms with Crippen molar-refractivity contribution in [1.82, 2.24) is 9.97 Å². The van der Waals surface area contributed by atoms with Crippen LogP contribution in [0, 0.1) is 19.8 Å². The van der Waals surface area contributed by atoms with E-state index in [4.69, 9.17) is 0 Å². The summed E-state index contributed by atoms with van der Waals surface area (Å²) in [4.78, 5) is 20.3. The predicted octanol–water partition coefficient (Wildman–Crippen LogP) is 2.54. The highest BCUT2D eigenvalue weighted by atomic mass is 16.4. The quantitative estimate of drug-likeness (QED) is 0.876. The molecule has 1 aliphatic carbocycles. The standard InChI is InChI=1S/C14H21N3O2/c1-9-5-4-6-14(7-9,13(18)19)17-12-11(3)15-8-10(2)16-12/h8-9H,4-7H2,1-3H3,(H,16,17)(H,18,19). The zero-order valence-corrected chi connectivity index (χ0v) is 11.7. The summed E-state index contributed by atoms with van der Waals surface area (Å²) in [5, 5.41) is 12.8. The van der Waals surface area contributed by atoms with Crippen molar-refractivity contribution in [2.24, 2.45) is 5.92 Å². The first-order valence-electron chi connectivity index (χ1n) is 6.75. The van der Waals surface area contributed by atoms with E-state index in [0.29, 0.717) is 24.6 Å². The summed E-state index contributed by atoms with van der Waals surface area (Å²) in [6, 6.07) is 0. The Morgan fingerprint density at radius 2 is 2.26 bits per heavy atom. The molecule has 0 radical (unpaired) electrons. The highest BCUT2D eigenvalue weighted by Gasteiger charge is 2.42. The van der Waals surface area contributed by atoms with Gasteiger partial charge in [-0.25, -0.2) is 9.78 Å². The van der Waals surface area contributed by atoms with Crippen molar-refractivity contribution in [3.63, 3.8) is 0 Å². The topological polar surface area (TPSA) is 75.1 Å². The van der Waals surface area contributed by atoms with E-state index in [1.165, 1.54) is 0 Å². The third-order valence-corrected chi connectivity index (χ3v) is 3.84. The number of nitrogens with zero attached hydrogens (tertiary/aromatic N) is 2. The zero-order valence-electron chi connectivity index (χ0n) is 11.7. The maximum atomic E-state index is 11.7. The summed E-state index contributed by atoms with van der Waals surface area (Å²) in [6.07, 6.45) is 4.99. The predicted molar refractivity (Wildman–Crippen MR) is 73.1 cm³/mol. The van der Waals surface area contributed by atoms with E-state index < -0.39 is 11.5 Å². The van der Waals surface area contributed by atoms with Gasteiger partial charge in [-0.3, -0.25) is 4.98 Å². The van der Waals surface area contributed by atoms with Crippen molar-refractivity contribution in [2.45, 2.75) is 52.0 Å². The molecule has 0 aliphatic heterocycles. The van der Waals surface area contributed by atoms with Gasteiger partial charge in [-0.15, -0.1) is 0 Å². The number of hydrogen-bond acceptors (Lipinski definition) is 4. The Hall–Kier alpha value is -1.65. The van der Waals surface area contributed by atoms with Crippen molar-refractivity contribution >= 4 is 11.8 Å². The molecular formula is C14H21N3O2. The molecule has 0 amide bonds. The van der Waals surface area contributed by atoms with Gasteiger partial charge in [0.25, 0.3) is 0 Å². The molecule has 5 heteroatoms. The first-order valence-corrected chi connectivity index (χ1v) is 6.75. The summed E-state index contributed by atoms with van der Waals surface area (Å²) in [5.74, 6) is 0.216. The van der Waals surface area contributed by atoms with Gasteiger partial charge in [0, 0.05) is 6.20 Å². The van der Waals surface area contributed by atoms with E-state index in [-0.39, 0.29) is 0 Å². The van der Waals surface area contributed by atoms with Crippen LogP contribution >= 0.6 is 0 Å². The number of aromatic nitrogens is 2. The van der Waals surface area contributed by atoms with Gasteiger partial charge in [0.05, 0.1) is 11.4 Å². The maximum Gasteiger partial charge on any atom is 0.329 e. The van der Waals surface area contributed by atoms with Crippen LogP contribution in [-0.4, -0.2) is 26.6 Å². The first kappa shape index (κ1) is 13.8. The van der Waals surface area contributed by atoms with Crippen molar-refractivity contribution in [3.8, 4) is 0 Å². The first-order chi connectivity index (χ1) is 8.93. The second-order valence-electron chi connectivity index (χ2n) is 5.66. The molecule has 1 saturated carbocycles. The van der Waals surface area contributed by atoms with Crippen molar-refractivity contribution < 1.29 is 9.90 Å². The van der Waals surface area contributed by atoms with Crippen molar-refractivity contribution in [1.29, 1.82) is 0 Å². The molecule has 1 fully saturated rings. The minimum atomic E-state index is -0.898. The molecule has 0 bridgehead atoms. The minimum Gasteiger partial charge on any atom is -0.480 e. The summed E-state index contributed by atoms with van der Waals surface area (Å²) in [7, 11) is 0. The molecule has 19 heavy (non-hydrogen) atoms. The lowest BCUT2D eigenvalue weighted by atomic mass is 9.76. The number of carboxylic acids is 1. The van der Waals surface area contributed by atoms with Crippen LogP contribution in [0.5, 0.6) is 0 Å². The Morgan fingerprint density at radius 1 is 1.53 bits per heavy atom. The van der Waals surface area contributed by atoms with Crippen molar-refractivity contribution in [3.05, 3.63) is 17.6 Å². The molecule has 1 aliphatic rings. The van der Waals surface area contributed by atoms with Crippen LogP contribution in [0.3, 0.4) is 0 Å². The SMILES string of the molecule is Cc1cnc(C)c(NC2(C(=O)O)CCCC(C)C2)n1. The Kier molecular flexibility index (Phi) is 3.73. The molecule has 104 valence electrons. The van der Waals surface area contributed by atoms with Gasteiger partial charge in [-0.05, 0) is 32.6 Å². The summed E-state index contributed by atoms with van der Waals surface area (Å²) in [6.45, 7) is 5.80. The molecule has 0 aromatic carbocycles. The van der Waals surface area contributed by atoms with Crippen LogP contribution in [0.15, 0.2) is 6.20 Å². The molecule has 2 N–H and O–H groups in total. The summed E-state index contributed by atoms with van der Waals surface area (Å²) < 4.78 is 0. The highest BCUT2D eigenvalue weighted by molar-refractivity contribution is 5.82. The molecule has 2 rings (SSSR count). The number of carbonyl (C=O) groups is 1. The van der Waals surface area contributed by atoms with Gasteiger partial charge < -0.3 is 10.4 Å². The van der Waals surface area contributed by atoms with Crippen LogP contribution in [0.25, 0.3) is 0 Å². The molecular weight excluding hydrogens is 242 g/mol. The van der Waals surface area contributed by atoms with Crippen LogP contribution in [0.1, 0.15) is 44.0 Å². The number of rotatable bonds is 3. The summed E-state index contributed by atoms with van der Waals surface area (Å²) >= 11 is 0. The van der Waals surface area contributed by atoms with Gasteiger partial charge in [0.2, 0.25) is 0 Å². The average Bonchev–Trinajstić information content (AvgIpc) is 2.34. The Labute approximate surface area is 113 Å². The second-order valence-corrected chi connectivity index (χ2v) is 5.66. The third-order valence-electron chi connectivity index (χ3n) is 3.84. The number of carboxylic acid groups (broad SMARTS) is 1. The van der Waals surface area contributed by atoms with Crippen LogP contribution < -0.4 is 5.32 Å². The lowest BCUT2D eigenvalue weighted by Crippen LogP contribution is -2.50. The van der Waals surface area contributed by atoms with E-state index in [2.05, 4.69) is 22.2 Å². The van der Waals surface area contributed by atoms with E-state index >= 15 is 0 Å². The minimum absolute atomic E-state index is 0.412. The van der Waals surface area contributed by atoms with Gasteiger partial charge in [0.15, 0.2) is 0 Å². The number of aliphatic carboxylic acids is 1.